The second kappa shape index (κ2) is 13.0. The van der Waals surface area contributed by atoms with Gasteiger partial charge in [-0.2, -0.15) is 0 Å². The molecule has 0 saturated heterocycles. The number of carbonyl (C=O) groups is 1. The Kier molecular flexibility index (Phi) is 12.6. The minimum Gasteiger partial charge on any atom is -0.462 e. The third-order valence-corrected chi connectivity index (χ3v) is 4.44. The summed E-state index contributed by atoms with van der Waals surface area (Å²) in [4.78, 5) is 11.9. The van der Waals surface area contributed by atoms with Crippen LogP contribution in [0, 0.1) is 0 Å². The van der Waals surface area contributed by atoms with Gasteiger partial charge in [0.2, 0.25) is 0 Å². The van der Waals surface area contributed by atoms with E-state index in [0.717, 1.165) is 47.5 Å². The first kappa shape index (κ1) is 20.3. The summed E-state index contributed by atoms with van der Waals surface area (Å²) in [5, 5.41) is 0.948. The summed E-state index contributed by atoms with van der Waals surface area (Å²) in [6.45, 7) is 9.83. The Balaban J connectivity index is 4.69. The summed E-state index contributed by atoms with van der Waals surface area (Å²) in [7, 11) is 0.728. The van der Waals surface area contributed by atoms with E-state index in [1.807, 2.05) is 6.92 Å². The lowest BCUT2D eigenvalue weighted by Gasteiger charge is -2.21. The number of rotatable bonds is 12. The molecule has 0 saturated carbocycles. The largest absolute Gasteiger partial charge is 0.462 e. The van der Waals surface area contributed by atoms with E-state index in [0.29, 0.717) is 25.4 Å². The van der Waals surface area contributed by atoms with Crippen molar-refractivity contribution in [2.45, 2.75) is 66.1 Å². The van der Waals surface area contributed by atoms with Crippen molar-refractivity contribution in [3.63, 3.8) is 0 Å². The Bertz CT molecular complexity index is 305. The smallest absolute Gasteiger partial charge is 0.333 e. The zero-order valence-corrected chi connectivity index (χ0v) is 16.4. The molecular formula is C16H32O4Si. The minimum absolute atomic E-state index is 0.245. The van der Waals surface area contributed by atoms with Crippen molar-refractivity contribution in [1.82, 2.24) is 0 Å². The van der Waals surface area contributed by atoms with Crippen LogP contribution in [0.5, 0.6) is 0 Å². The molecule has 0 bridgehead atoms. The van der Waals surface area contributed by atoms with Gasteiger partial charge in [-0.3, -0.25) is 0 Å². The molecule has 0 spiro atoms. The van der Waals surface area contributed by atoms with Gasteiger partial charge in [-0.15, -0.1) is 0 Å². The predicted molar refractivity (Wildman–Crippen MR) is 89.4 cm³/mol. The van der Waals surface area contributed by atoms with Crippen LogP contribution in [-0.4, -0.2) is 42.3 Å². The fraction of sp³-hybridized carbons (Fsp3) is 0.812. The average Bonchev–Trinajstić information content (AvgIpc) is 2.49. The lowest BCUT2D eigenvalue weighted by Crippen LogP contribution is -2.24. The molecule has 0 aromatic heterocycles. The van der Waals surface area contributed by atoms with E-state index in [9.17, 15) is 4.79 Å². The van der Waals surface area contributed by atoms with Crippen molar-refractivity contribution in [1.29, 1.82) is 0 Å². The third-order valence-electron chi connectivity index (χ3n) is 3.22. The average molecular weight is 317 g/mol. The third kappa shape index (κ3) is 9.06. The van der Waals surface area contributed by atoms with Crippen molar-refractivity contribution in [3.8, 4) is 0 Å². The van der Waals surface area contributed by atoms with Crippen LogP contribution in [0.4, 0.5) is 0 Å². The van der Waals surface area contributed by atoms with E-state index in [4.69, 9.17) is 14.2 Å². The summed E-state index contributed by atoms with van der Waals surface area (Å²) >= 11 is 0. The van der Waals surface area contributed by atoms with Crippen LogP contribution in [0.2, 0.25) is 0 Å². The van der Waals surface area contributed by atoms with Crippen LogP contribution >= 0.6 is 0 Å². The molecule has 0 aromatic carbocycles. The topological polar surface area (TPSA) is 44.8 Å². The summed E-state index contributed by atoms with van der Waals surface area (Å²) in [6, 6.07) is 0. The fourth-order valence-electron chi connectivity index (χ4n) is 1.61. The Hall–Kier alpha value is -0.653. The molecule has 4 nitrogen and oxygen atoms in total. The Morgan fingerprint density at radius 1 is 0.952 bits per heavy atom. The van der Waals surface area contributed by atoms with E-state index in [1.165, 1.54) is 0 Å². The first-order chi connectivity index (χ1) is 10.1. The summed E-state index contributed by atoms with van der Waals surface area (Å²) in [5.41, 5.74) is 0.646. The van der Waals surface area contributed by atoms with Crippen LogP contribution in [0.3, 0.4) is 0 Å². The van der Waals surface area contributed by atoms with Crippen molar-refractivity contribution in [2.75, 3.05) is 19.8 Å². The van der Waals surface area contributed by atoms with Crippen LogP contribution < -0.4 is 0 Å². The molecule has 21 heavy (non-hydrogen) atoms. The Morgan fingerprint density at radius 2 is 1.48 bits per heavy atom. The predicted octanol–water partition coefficient (Wildman–Crippen LogP) is 2.54. The van der Waals surface area contributed by atoms with Crippen LogP contribution in [0.25, 0.3) is 0 Å². The van der Waals surface area contributed by atoms with Gasteiger partial charge >= 0.3 is 5.97 Å². The highest BCUT2D eigenvalue weighted by molar-refractivity contribution is 6.24. The lowest BCUT2D eigenvalue weighted by molar-refractivity contribution is -0.140. The van der Waals surface area contributed by atoms with Crippen molar-refractivity contribution >= 4 is 16.2 Å². The number of ether oxygens (including phenoxy) is 3. The molecule has 0 aliphatic carbocycles. The quantitative estimate of drug-likeness (QED) is 0.182. The van der Waals surface area contributed by atoms with Crippen LogP contribution in [0.1, 0.15) is 59.8 Å². The number of esters is 1. The van der Waals surface area contributed by atoms with E-state index >= 15 is 0 Å². The highest BCUT2D eigenvalue weighted by Gasteiger charge is 2.18. The summed E-state index contributed by atoms with van der Waals surface area (Å²) in [5.74, 6) is -0.245. The normalized spacial score (nSPS) is 12.6. The molecule has 0 atom stereocenters. The first-order valence-electron chi connectivity index (χ1n) is 8.16. The van der Waals surface area contributed by atoms with Crippen LogP contribution in [0.15, 0.2) is 10.8 Å². The van der Waals surface area contributed by atoms with Crippen molar-refractivity contribution in [3.05, 3.63) is 10.8 Å². The highest BCUT2D eigenvalue weighted by Crippen LogP contribution is 2.14. The van der Waals surface area contributed by atoms with Gasteiger partial charge < -0.3 is 14.2 Å². The maximum absolute atomic E-state index is 11.9. The number of hydrogen-bond donors (Lipinski definition) is 0. The van der Waals surface area contributed by atoms with Gasteiger partial charge in [0.05, 0.1) is 19.8 Å². The maximum atomic E-state index is 11.9. The Morgan fingerprint density at radius 3 is 1.90 bits per heavy atom. The molecule has 0 radical (unpaired) electrons. The van der Waals surface area contributed by atoms with Crippen LogP contribution in [-0.2, 0) is 19.0 Å². The SMILES string of the molecule is CCCCOC(OCCCC)C([SiH3])=C(C)C(=O)OCCC. The Labute approximate surface area is 132 Å². The molecule has 124 valence electrons. The number of hydrogen-bond acceptors (Lipinski definition) is 4. The minimum atomic E-state index is -0.385. The molecule has 0 N–H and O–H groups in total. The van der Waals surface area contributed by atoms with Gasteiger partial charge in [-0.25, -0.2) is 4.79 Å². The molecule has 0 heterocycles. The monoisotopic (exact) mass is 316 g/mol. The number of unbranched alkanes of at least 4 members (excludes halogenated alkanes) is 2. The zero-order valence-electron chi connectivity index (χ0n) is 14.4. The lowest BCUT2D eigenvalue weighted by atomic mass is 10.2. The molecule has 0 fully saturated rings. The second-order valence-corrected chi connectivity index (χ2v) is 6.30. The molecule has 0 amide bonds. The highest BCUT2D eigenvalue weighted by atomic mass is 28.1. The van der Waals surface area contributed by atoms with Gasteiger partial charge in [-0.05, 0) is 31.4 Å². The van der Waals surface area contributed by atoms with Gasteiger partial charge in [0.15, 0.2) is 6.29 Å². The van der Waals surface area contributed by atoms with Crippen molar-refractivity contribution in [2.24, 2.45) is 0 Å². The molecule has 0 unspecified atom stereocenters. The maximum Gasteiger partial charge on any atom is 0.333 e. The van der Waals surface area contributed by atoms with E-state index < -0.39 is 0 Å². The zero-order chi connectivity index (χ0) is 16.1. The number of carbonyl (C=O) groups excluding carboxylic acids is 1. The fourth-order valence-corrected chi connectivity index (χ4v) is 2.15. The molecule has 0 rings (SSSR count). The van der Waals surface area contributed by atoms with Gasteiger partial charge in [0.1, 0.15) is 0 Å². The summed E-state index contributed by atoms with van der Waals surface area (Å²) in [6.07, 6.45) is 4.62. The van der Waals surface area contributed by atoms with Gasteiger partial charge in [0, 0.05) is 15.8 Å². The molecular weight excluding hydrogens is 284 g/mol. The van der Waals surface area contributed by atoms with E-state index in [1.54, 1.807) is 6.92 Å². The molecule has 5 heteroatoms. The summed E-state index contributed by atoms with van der Waals surface area (Å²) < 4.78 is 16.8. The van der Waals surface area contributed by atoms with Gasteiger partial charge in [0.25, 0.3) is 0 Å². The molecule has 0 aliphatic heterocycles. The van der Waals surface area contributed by atoms with E-state index in [-0.39, 0.29) is 12.3 Å². The first-order valence-corrected chi connectivity index (χ1v) is 9.16. The molecule has 0 aromatic rings. The second-order valence-electron chi connectivity index (χ2n) is 5.22. The van der Waals surface area contributed by atoms with E-state index in [2.05, 4.69) is 13.8 Å². The molecule has 0 aliphatic rings. The standard InChI is InChI=1S/C16H32O4Si/c1-5-8-11-19-16(20-12-9-6-2)14(21)13(4)15(17)18-10-7-3/h16H,5-12H2,1-4,21H3. The van der Waals surface area contributed by atoms with Crippen molar-refractivity contribution < 1.29 is 19.0 Å². The van der Waals surface area contributed by atoms with Gasteiger partial charge in [-0.1, -0.05) is 33.6 Å².